The molecule has 0 saturated carbocycles. The predicted octanol–water partition coefficient (Wildman–Crippen LogP) is -4.03. The summed E-state index contributed by atoms with van der Waals surface area (Å²) >= 11 is 0. The molecule has 0 saturated heterocycles. The SMILES string of the molecule is CCOP([O-])[O-].[K+]. The Morgan fingerprint density at radius 1 is 1.57 bits per heavy atom. The molecule has 0 bridgehead atoms. The molecule has 0 radical (unpaired) electrons. The monoisotopic (exact) mass is 147 g/mol. The summed E-state index contributed by atoms with van der Waals surface area (Å²) in [4.78, 5) is 18.8. The van der Waals surface area contributed by atoms with Crippen LogP contribution in [-0.4, -0.2) is 6.61 Å². The van der Waals surface area contributed by atoms with Gasteiger partial charge in [0.15, 0.2) is 0 Å². The molecule has 0 atom stereocenters. The molecule has 3 nitrogen and oxygen atoms in total. The molecule has 0 aromatic rings. The number of hydrogen-bond donors (Lipinski definition) is 0. The Kier molecular flexibility index (Phi) is 13.3. The summed E-state index contributed by atoms with van der Waals surface area (Å²) in [5.74, 6) is 0. The van der Waals surface area contributed by atoms with Crippen LogP contribution in [0.1, 0.15) is 6.92 Å². The molecule has 0 unspecified atom stereocenters. The second-order valence-corrected chi connectivity index (χ2v) is 1.35. The Balaban J connectivity index is 0. The van der Waals surface area contributed by atoms with Gasteiger partial charge in [-0.2, -0.15) is 8.60 Å². The van der Waals surface area contributed by atoms with Crippen LogP contribution in [0.25, 0.3) is 0 Å². The zero-order valence-corrected chi connectivity index (χ0v) is 8.40. The van der Waals surface area contributed by atoms with Crippen LogP contribution in [0.2, 0.25) is 0 Å². The fourth-order valence-electron chi connectivity index (χ4n) is 0.105. The van der Waals surface area contributed by atoms with Gasteiger partial charge in [0.2, 0.25) is 0 Å². The first-order valence-corrected chi connectivity index (χ1v) is 2.64. The van der Waals surface area contributed by atoms with Crippen LogP contribution >= 0.6 is 8.60 Å². The van der Waals surface area contributed by atoms with Crippen molar-refractivity contribution in [1.29, 1.82) is 0 Å². The van der Waals surface area contributed by atoms with Crippen LogP contribution in [0.5, 0.6) is 0 Å². The Morgan fingerprint density at radius 2 is 2.00 bits per heavy atom. The van der Waals surface area contributed by atoms with Crippen molar-refractivity contribution >= 4 is 8.60 Å². The van der Waals surface area contributed by atoms with E-state index in [-0.39, 0.29) is 58.0 Å². The zero-order chi connectivity index (χ0) is 4.99. The summed E-state index contributed by atoms with van der Waals surface area (Å²) in [6.45, 7) is 1.85. The molecule has 0 fully saturated rings. The van der Waals surface area contributed by atoms with Crippen molar-refractivity contribution < 1.29 is 65.7 Å². The summed E-state index contributed by atoms with van der Waals surface area (Å²) in [6, 6.07) is 0. The molecule has 0 N–H and O–H groups in total. The first-order chi connectivity index (χ1) is 2.77. The minimum atomic E-state index is -2.60. The molecule has 0 aliphatic heterocycles. The van der Waals surface area contributed by atoms with Crippen LogP contribution in [0, 0.1) is 0 Å². The van der Waals surface area contributed by atoms with Gasteiger partial charge in [-0.3, -0.25) is 0 Å². The molecule has 0 aromatic carbocycles. The number of hydrogen-bond acceptors (Lipinski definition) is 3. The summed E-state index contributed by atoms with van der Waals surface area (Å²) in [7, 11) is -2.60. The molecular formula is C2H5KO3P-. The first kappa shape index (κ1) is 11.7. The quantitative estimate of drug-likeness (QED) is 0.295. The Hall–Kier alpha value is 1.95. The van der Waals surface area contributed by atoms with Crippen molar-refractivity contribution in [3.05, 3.63) is 0 Å². The van der Waals surface area contributed by atoms with Gasteiger partial charge in [0.1, 0.15) is 0 Å². The van der Waals surface area contributed by atoms with E-state index in [2.05, 4.69) is 4.52 Å². The van der Waals surface area contributed by atoms with Gasteiger partial charge in [-0.05, 0) is 6.92 Å². The molecule has 0 aliphatic carbocycles. The number of rotatable bonds is 2. The van der Waals surface area contributed by atoms with E-state index in [0.29, 0.717) is 0 Å². The van der Waals surface area contributed by atoms with Gasteiger partial charge in [0.05, 0.1) is 0 Å². The molecule has 0 aromatic heterocycles. The van der Waals surface area contributed by atoms with E-state index >= 15 is 0 Å². The minimum absolute atomic E-state index is 0. The van der Waals surface area contributed by atoms with Crippen molar-refractivity contribution in [3.8, 4) is 0 Å². The largest absolute Gasteiger partial charge is 1.00 e. The van der Waals surface area contributed by atoms with Gasteiger partial charge in [-0.25, -0.2) is 0 Å². The van der Waals surface area contributed by atoms with Gasteiger partial charge in [0.25, 0.3) is 0 Å². The second kappa shape index (κ2) is 7.95. The smallest absolute Gasteiger partial charge is 0.820 e. The van der Waals surface area contributed by atoms with Crippen molar-refractivity contribution in [1.82, 2.24) is 0 Å². The maximum Gasteiger partial charge on any atom is 1.00 e. The van der Waals surface area contributed by atoms with E-state index in [1.54, 1.807) is 6.92 Å². The van der Waals surface area contributed by atoms with Gasteiger partial charge in [-0.1, -0.05) is 0 Å². The van der Waals surface area contributed by atoms with Crippen LogP contribution in [0.3, 0.4) is 0 Å². The zero-order valence-electron chi connectivity index (χ0n) is 4.38. The minimum Gasteiger partial charge on any atom is -0.820 e. The van der Waals surface area contributed by atoms with Gasteiger partial charge >= 0.3 is 51.4 Å². The maximum absolute atomic E-state index is 9.41. The van der Waals surface area contributed by atoms with Gasteiger partial charge in [-0.15, -0.1) is 0 Å². The first-order valence-electron chi connectivity index (χ1n) is 1.54. The standard InChI is InChI=1S/C2H5O3P.K/c1-2-5-6(3)4;/h2H2,1H3;/q-2;+1. The molecule has 0 heterocycles. The molecule has 0 spiro atoms. The van der Waals surface area contributed by atoms with Crippen LogP contribution in [0.4, 0.5) is 0 Å². The third-order valence-corrected chi connectivity index (χ3v) is 0.704. The summed E-state index contributed by atoms with van der Waals surface area (Å²) in [5, 5.41) is 0. The molecule has 38 valence electrons. The van der Waals surface area contributed by atoms with Crippen LogP contribution in [0.15, 0.2) is 0 Å². The molecule has 0 rings (SSSR count). The summed E-state index contributed by atoms with van der Waals surface area (Å²) in [6.07, 6.45) is 0. The van der Waals surface area contributed by atoms with Crippen molar-refractivity contribution in [2.24, 2.45) is 0 Å². The molecule has 5 heteroatoms. The topological polar surface area (TPSA) is 55.3 Å². The molecule has 0 aliphatic rings. The Bertz CT molecular complexity index is 34.1. The van der Waals surface area contributed by atoms with Crippen molar-refractivity contribution in [2.45, 2.75) is 6.92 Å². The maximum atomic E-state index is 9.41. The van der Waals surface area contributed by atoms with Crippen molar-refractivity contribution in [2.75, 3.05) is 6.61 Å². The summed E-state index contributed by atoms with van der Waals surface area (Å²) in [5.41, 5.74) is 0. The van der Waals surface area contributed by atoms with E-state index in [4.69, 9.17) is 0 Å². The molecule has 0 amide bonds. The van der Waals surface area contributed by atoms with Crippen molar-refractivity contribution in [3.63, 3.8) is 0 Å². The average Bonchev–Trinajstić information content (AvgIpc) is 1.35. The third-order valence-electron chi connectivity index (χ3n) is 0.235. The fourth-order valence-corrected chi connectivity index (χ4v) is 0.316. The average molecular weight is 147 g/mol. The van der Waals surface area contributed by atoms with Gasteiger partial charge < -0.3 is 14.3 Å². The van der Waals surface area contributed by atoms with E-state index in [9.17, 15) is 9.79 Å². The van der Waals surface area contributed by atoms with E-state index < -0.39 is 8.60 Å². The van der Waals surface area contributed by atoms with E-state index in [0.717, 1.165) is 0 Å². The fraction of sp³-hybridized carbons (Fsp3) is 1.00. The third kappa shape index (κ3) is 11.5. The van der Waals surface area contributed by atoms with E-state index in [1.807, 2.05) is 0 Å². The Morgan fingerprint density at radius 3 is 2.00 bits per heavy atom. The predicted molar refractivity (Wildman–Crippen MR) is 18.5 cm³/mol. The second-order valence-electron chi connectivity index (χ2n) is 0.641. The Labute approximate surface area is 86.5 Å². The van der Waals surface area contributed by atoms with Crippen LogP contribution < -0.4 is 61.2 Å². The molecule has 7 heavy (non-hydrogen) atoms. The van der Waals surface area contributed by atoms with E-state index in [1.165, 1.54) is 0 Å². The summed E-state index contributed by atoms with van der Waals surface area (Å²) < 4.78 is 4.00. The van der Waals surface area contributed by atoms with Gasteiger partial charge in [0, 0.05) is 6.61 Å². The molecular weight excluding hydrogens is 142 g/mol. The van der Waals surface area contributed by atoms with Crippen LogP contribution in [-0.2, 0) is 4.52 Å². The normalized spacial score (nSPS) is 8.57.